The Labute approximate surface area is 101 Å². The van der Waals surface area contributed by atoms with Gasteiger partial charge in [0.25, 0.3) is 0 Å². The molecular weight excluding hydrogens is 282 g/mol. The summed E-state index contributed by atoms with van der Waals surface area (Å²) in [7, 11) is 1.56. The highest BCUT2D eigenvalue weighted by molar-refractivity contribution is 9.10. The summed E-state index contributed by atoms with van der Waals surface area (Å²) in [5.74, 6) is -1.32. The third kappa shape index (κ3) is 2.91. The van der Waals surface area contributed by atoms with Gasteiger partial charge in [0.15, 0.2) is 0 Å². The number of carbonyl (C=O) groups is 1. The lowest BCUT2D eigenvalue weighted by Gasteiger charge is -2.16. The van der Waals surface area contributed by atoms with E-state index in [1.807, 2.05) is 0 Å². The Bertz CT molecular complexity index is 412. The van der Waals surface area contributed by atoms with Gasteiger partial charge in [-0.3, -0.25) is 0 Å². The maximum Gasteiger partial charge on any atom is 0.321 e. The summed E-state index contributed by atoms with van der Waals surface area (Å²) >= 11 is 2.85. The Kier molecular flexibility index (Phi) is 4.23. The molecule has 0 aliphatic heterocycles. The summed E-state index contributed by atoms with van der Waals surface area (Å²) in [5.41, 5.74) is -0.175. The SMILES string of the molecule is CCN(C)C(=O)Nc1cc(F)c(Br)cc1F. The van der Waals surface area contributed by atoms with Crippen LogP contribution in [-0.4, -0.2) is 24.5 Å². The number of hydrogen-bond acceptors (Lipinski definition) is 1. The lowest BCUT2D eigenvalue weighted by molar-refractivity contribution is 0.224. The van der Waals surface area contributed by atoms with Crippen molar-refractivity contribution in [2.45, 2.75) is 6.92 Å². The van der Waals surface area contributed by atoms with E-state index < -0.39 is 17.7 Å². The molecule has 0 saturated carbocycles. The summed E-state index contributed by atoms with van der Waals surface area (Å²) in [4.78, 5) is 12.8. The molecule has 0 unspecified atom stereocenters. The van der Waals surface area contributed by atoms with E-state index in [2.05, 4.69) is 21.2 Å². The number of urea groups is 1. The molecule has 1 aromatic rings. The zero-order valence-corrected chi connectivity index (χ0v) is 10.4. The monoisotopic (exact) mass is 292 g/mol. The molecule has 16 heavy (non-hydrogen) atoms. The van der Waals surface area contributed by atoms with Gasteiger partial charge < -0.3 is 10.2 Å². The maximum absolute atomic E-state index is 13.3. The number of halogens is 3. The lowest BCUT2D eigenvalue weighted by Crippen LogP contribution is -2.31. The quantitative estimate of drug-likeness (QED) is 0.834. The molecule has 1 aromatic carbocycles. The van der Waals surface area contributed by atoms with Crippen LogP contribution in [0.25, 0.3) is 0 Å². The molecule has 0 heterocycles. The molecule has 0 atom stereocenters. The zero-order valence-electron chi connectivity index (χ0n) is 8.85. The van der Waals surface area contributed by atoms with Gasteiger partial charge in [0.2, 0.25) is 0 Å². The number of rotatable bonds is 2. The average molecular weight is 293 g/mol. The minimum atomic E-state index is -0.689. The Morgan fingerprint density at radius 3 is 2.62 bits per heavy atom. The highest BCUT2D eigenvalue weighted by Crippen LogP contribution is 2.23. The van der Waals surface area contributed by atoms with E-state index in [1.165, 1.54) is 4.90 Å². The molecule has 0 spiro atoms. The van der Waals surface area contributed by atoms with Crippen molar-refractivity contribution in [2.24, 2.45) is 0 Å². The Hall–Kier alpha value is -1.17. The zero-order chi connectivity index (χ0) is 12.3. The topological polar surface area (TPSA) is 32.3 Å². The number of hydrogen-bond donors (Lipinski definition) is 1. The first-order valence-electron chi connectivity index (χ1n) is 4.62. The van der Waals surface area contributed by atoms with E-state index in [9.17, 15) is 13.6 Å². The van der Waals surface area contributed by atoms with E-state index in [1.54, 1.807) is 14.0 Å². The lowest BCUT2D eigenvalue weighted by atomic mass is 10.3. The van der Waals surface area contributed by atoms with Crippen LogP contribution in [0.15, 0.2) is 16.6 Å². The number of nitrogens with one attached hydrogen (secondary N) is 1. The van der Waals surface area contributed by atoms with Gasteiger partial charge in [-0.25, -0.2) is 13.6 Å². The summed E-state index contributed by atoms with van der Waals surface area (Å²) in [6.45, 7) is 2.25. The van der Waals surface area contributed by atoms with Crippen LogP contribution in [-0.2, 0) is 0 Å². The van der Waals surface area contributed by atoms with Crippen molar-refractivity contribution in [2.75, 3.05) is 18.9 Å². The molecule has 0 bridgehead atoms. The van der Waals surface area contributed by atoms with Gasteiger partial charge in [-0.1, -0.05) is 0 Å². The predicted octanol–water partition coefficient (Wildman–Crippen LogP) is 3.21. The Morgan fingerprint density at radius 2 is 2.06 bits per heavy atom. The van der Waals surface area contributed by atoms with Crippen LogP contribution in [0.1, 0.15) is 6.92 Å². The standard InChI is InChI=1S/C10H11BrF2N2O/c1-3-15(2)10(16)14-9-5-7(12)6(11)4-8(9)13/h4-5H,3H2,1-2H3,(H,14,16). The smallest absolute Gasteiger partial charge is 0.321 e. The first-order chi connectivity index (χ1) is 7.45. The van der Waals surface area contributed by atoms with Crippen LogP contribution in [0.5, 0.6) is 0 Å². The molecule has 6 heteroatoms. The summed E-state index contributed by atoms with van der Waals surface area (Å²) in [5, 5.41) is 2.28. The molecule has 0 aliphatic rings. The first-order valence-corrected chi connectivity index (χ1v) is 5.41. The highest BCUT2D eigenvalue weighted by Gasteiger charge is 2.12. The van der Waals surface area contributed by atoms with Gasteiger partial charge in [0.05, 0.1) is 10.2 Å². The van der Waals surface area contributed by atoms with E-state index in [4.69, 9.17) is 0 Å². The molecular formula is C10H11BrF2N2O. The van der Waals surface area contributed by atoms with Crippen LogP contribution in [0, 0.1) is 11.6 Å². The van der Waals surface area contributed by atoms with E-state index in [-0.39, 0.29) is 10.2 Å². The molecule has 88 valence electrons. The fourth-order valence-electron chi connectivity index (χ4n) is 0.973. The fraction of sp³-hybridized carbons (Fsp3) is 0.300. The molecule has 0 aliphatic carbocycles. The van der Waals surface area contributed by atoms with E-state index in [0.717, 1.165) is 12.1 Å². The second kappa shape index (κ2) is 5.25. The van der Waals surface area contributed by atoms with E-state index >= 15 is 0 Å². The van der Waals surface area contributed by atoms with Gasteiger partial charge in [0.1, 0.15) is 11.6 Å². The van der Waals surface area contributed by atoms with Gasteiger partial charge in [0, 0.05) is 19.7 Å². The Morgan fingerprint density at radius 1 is 1.44 bits per heavy atom. The summed E-state index contributed by atoms with van der Waals surface area (Å²) in [6.07, 6.45) is 0. The minimum Gasteiger partial charge on any atom is -0.328 e. The average Bonchev–Trinajstić information content (AvgIpc) is 2.24. The maximum atomic E-state index is 13.3. The van der Waals surface area contributed by atoms with Crippen LogP contribution < -0.4 is 5.32 Å². The fourth-order valence-corrected chi connectivity index (χ4v) is 1.29. The number of benzene rings is 1. The first kappa shape index (κ1) is 12.9. The van der Waals surface area contributed by atoms with Gasteiger partial charge in [-0.15, -0.1) is 0 Å². The molecule has 1 N–H and O–H groups in total. The molecule has 2 amide bonds. The van der Waals surface area contributed by atoms with Crippen LogP contribution >= 0.6 is 15.9 Å². The van der Waals surface area contributed by atoms with Gasteiger partial charge >= 0.3 is 6.03 Å². The van der Waals surface area contributed by atoms with Gasteiger partial charge in [-0.05, 0) is 28.9 Å². The van der Waals surface area contributed by atoms with Crippen molar-refractivity contribution in [3.63, 3.8) is 0 Å². The molecule has 0 saturated heterocycles. The normalized spacial score (nSPS) is 10.1. The predicted molar refractivity (Wildman–Crippen MR) is 61.4 cm³/mol. The number of anilines is 1. The molecule has 3 nitrogen and oxygen atoms in total. The number of amides is 2. The van der Waals surface area contributed by atoms with Crippen LogP contribution in [0.2, 0.25) is 0 Å². The third-order valence-corrected chi connectivity index (χ3v) is 2.68. The molecule has 0 radical (unpaired) electrons. The summed E-state index contributed by atoms with van der Waals surface area (Å²) in [6, 6.07) is 1.42. The molecule has 0 fully saturated rings. The minimum absolute atomic E-state index is 0.0202. The third-order valence-electron chi connectivity index (χ3n) is 2.07. The van der Waals surface area contributed by atoms with Crippen LogP contribution in [0.3, 0.4) is 0 Å². The Balaban J connectivity index is 2.90. The second-order valence-corrected chi connectivity index (χ2v) is 4.04. The highest BCUT2D eigenvalue weighted by atomic mass is 79.9. The number of carbonyl (C=O) groups excluding carboxylic acids is 1. The van der Waals surface area contributed by atoms with Gasteiger partial charge in [-0.2, -0.15) is 0 Å². The van der Waals surface area contributed by atoms with Crippen molar-refractivity contribution < 1.29 is 13.6 Å². The largest absolute Gasteiger partial charge is 0.328 e. The van der Waals surface area contributed by atoms with Crippen molar-refractivity contribution in [3.8, 4) is 0 Å². The van der Waals surface area contributed by atoms with E-state index in [0.29, 0.717) is 6.54 Å². The van der Waals surface area contributed by atoms with Crippen molar-refractivity contribution >= 4 is 27.6 Å². The number of nitrogens with zero attached hydrogens (tertiary/aromatic N) is 1. The van der Waals surface area contributed by atoms with Crippen LogP contribution in [0.4, 0.5) is 19.3 Å². The van der Waals surface area contributed by atoms with Crippen molar-refractivity contribution in [1.82, 2.24) is 4.90 Å². The second-order valence-electron chi connectivity index (χ2n) is 3.19. The summed E-state index contributed by atoms with van der Waals surface area (Å²) < 4.78 is 26.5. The molecule has 0 aromatic heterocycles. The van der Waals surface area contributed by atoms with Crippen molar-refractivity contribution in [3.05, 3.63) is 28.2 Å². The van der Waals surface area contributed by atoms with Crippen molar-refractivity contribution in [1.29, 1.82) is 0 Å². The molecule has 1 rings (SSSR count).